The van der Waals surface area contributed by atoms with Crippen LogP contribution in [0.3, 0.4) is 0 Å². The molecule has 1 amide bonds. The molecule has 6 nitrogen and oxygen atoms in total. The summed E-state index contributed by atoms with van der Waals surface area (Å²) in [6.07, 6.45) is 5.27. The number of hydrogen-bond donors (Lipinski definition) is 0. The zero-order valence-corrected chi connectivity index (χ0v) is 17.9. The fourth-order valence-electron chi connectivity index (χ4n) is 4.73. The molecule has 3 fully saturated rings. The summed E-state index contributed by atoms with van der Waals surface area (Å²) in [4.78, 5) is 29.2. The van der Waals surface area contributed by atoms with Crippen molar-refractivity contribution in [3.8, 4) is 0 Å². The molecule has 1 saturated carbocycles. The number of carbonyl (C=O) groups is 1. The summed E-state index contributed by atoms with van der Waals surface area (Å²) >= 11 is 0. The van der Waals surface area contributed by atoms with E-state index in [2.05, 4.69) is 46.6 Å². The molecule has 6 heteroatoms. The van der Waals surface area contributed by atoms with Crippen molar-refractivity contribution < 1.29 is 4.79 Å². The molecule has 1 aromatic heterocycles. The normalized spacial score (nSPS) is 27.0. The number of nitrogens with zero attached hydrogens (tertiary/aromatic N) is 5. The van der Waals surface area contributed by atoms with Crippen molar-refractivity contribution in [3.63, 3.8) is 0 Å². The standard InChI is InChI=1S/C22H35N5O/c1-16(2)19-13-20(24-17(3)23-19)27-12-11-25(4)22(15-27)8-7-21(28)26(10-9-22)14-18-5-6-18/h13,16,18H,5-12,14-15H2,1-4H3. The van der Waals surface area contributed by atoms with Crippen LogP contribution >= 0.6 is 0 Å². The summed E-state index contributed by atoms with van der Waals surface area (Å²) in [5.74, 6) is 3.41. The summed E-state index contributed by atoms with van der Waals surface area (Å²) < 4.78 is 0. The van der Waals surface area contributed by atoms with Crippen LogP contribution < -0.4 is 4.90 Å². The van der Waals surface area contributed by atoms with E-state index < -0.39 is 0 Å². The largest absolute Gasteiger partial charge is 0.353 e. The van der Waals surface area contributed by atoms with Gasteiger partial charge in [0.15, 0.2) is 0 Å². The van der Waals surface area contributed by atoms with E-state index in [1.54, 1.807) is 0 Å². The molecule has 0 N–H and O–H groups in total. The van der Waals surface area contributed by atoms with Gasteiger partial charge in [0.05, 0.1) is 0 Å². The Hall–Kier alpha value is -1.69. The third kappa shape index (κ3) is 4.02. The quantitative estimate of drug-likeness (QED) is 0.798. The highest BCUT2D eigenvalue weighted by Gasteiger charge is 2.43. The molecular weight excluding hydrogens is 350 g/mol. The van der Waals surface area contributed by atoms with E-state index in [9.17, 15) is 4.79 Å². The molecule has 3 heterocycles. The fourth-order valence-corrected chi connectivity index (χ4v) is 4.73. The molecule has 1 unspecified atom stereocenters. The van der Waals surface area contributed by atoms with Crippen LogP contribution in [0, 0.1) is 12.8 Å². The summed E-state index contributed by atoms with van der Waals surface area (Å²) in [5, 5.41) is 0. The number of anilines is 1. The molecule has 1 spiro atoms. The predicted octanol–water partition coefficient (Wildman–Crippen LogP) is 2.82. The van der Waals surface area contributed by atoms with Gasteiger partial charge in [-0.05, 0) is 51.5 Å². The second kappa shape index (κ2) is 7.62. The van der Waals surface area contributed by atoms with Crippen molar-refractivity contribution in [1.82, 2.24) is 19.8 Å². The Kier molecular flexibility index (Phi) is 5.34. The monoisotopic (exact) mass is 385 g/mol. The Morgan fingerprint density at radius 2 is 1.96 bits per heavy atom. The number of piperazine rings is 1. The van der Waals surface area contributed by atoms with Crippen molar-refractivity contribution in [3.05, 3.63) is 17.6 Å². The number of hydrogen-bond acceptors (Lipinski definition) is 5. The Balaban J connectivity index is 1.54. The molecular formula is C22H35N5O. The lowest BCUT2D eigenvalue weighted by molar-refractivity contribution is -0.130. The van der Waals surface area contributed by atoms with E-state index in [-0.39, 0.29) is 5.54 Å². The molecule has 4 rings (SSSR count). The van der Waals surface area contributed by atoms with Gasteiger partial charge in [-0.2, -0.15) is 0 Å². The Bertz CT molecular complexity index is 732. The molecule has 0 radical (unpaired) electrons. The molecule has 28 heavy (non-hydrogen) atoms. The van der Waals surface area contributed by atoms with Gasteiger partial charge in [-0.3, -0.25) is 9.69 Å². The van der Waals surface area contributed by atoms with E-state index in [0.717, 1.165) is 68.8 Å². The van der Waals surface area contributed by atoms with Gasteiger partial charge in [0.2, 0.25) is 5.91 Å². The highest BCUT2D eigenvalue weighted by Crippen LogP contribution is 2.36. The highest BCUT2D eigenvalue weighted by atomic mass is 16.2. The number of aryl methyl sites for hydroxylation is 1. The molecule has 1 aromatic rings. The van der Waals surface area contributed by atoms with Gasteiger partial charge >= 0.3 is 0 Å². The first-order valence-electron chi connectivity index (χ1n) is 11.0. The third-order valence-electron chi connectivity index (χ3n) is 6.94. The topological polar surface area (TPSA) is 52.6 Å². The number of rotatable bonds is 4. The maximum Gasteiger partial charge on any atom is 0.222 e. The first-order valence-corrected chi connectivity index (χ1v) is 11.0. The van der Waals surface area contributed by atoms with E-state index in [0.29, 0.717) is 18.2 Å². The second-order valence-corrected chi connectivity index (χ2v) is 9.45. The average molecular weight is 386 g/mol. The summed E-state index contributed by atoms with van der Waals surface area (Å²) in [7, 11) is 2.24. The number of aromatic nitrogens is 2. The molecule has 0 bridgehead atoms. The smallest absolute Gasteiger partial charge is 0.222 e. The Morgan fingerprint density at radius 1 is 1.18 bits per heavy atom. The first kappa shape index (κ1) is 19.6. The van der Waals surface area contributed by atoms with Crippen molar-refractivity contribution in [2.75, 3.05) is 44.7 Å². The van der Waals surface area contributed by atoms with E-state index in [1.165, 1.54) is 12.8 Å². The summed E-state index contributed by atoms with van der Waals surface area (Å²) in [6, 6.07) is 2.16. The zero-order valence-electron chi connectivity index (χ0n) is 17.9. The number of amides is 1. The minimum atomic E-state index is 0.0586. The Morgan fingerprint density at radius 3 is 2.68 bits per heavy atom. The van der Waals surface area contributed by atoms with Crippen LogP contribution in [0.25, 0.3) is 0 Å². The zero-order chi connectivity index (χ0) is 19.9. The van der Waals surface area contributed by atoms with Crippen LogP contribution in [0.15, 0.2) is 6.07 Å². The minimum absolute atomic E-state index is 0.0586. The van der Waals surface area contributed by atoms with Gasteiger partial charge in [-0.1, -0.05) is 13.8 Å². The van der Waals surface area contributed by atoms with Gasteiger partial charge in [-0.15, -0.1) is 0 Å². The molecule has 1 atom stereocenters. The van der Waals surface area contributed by atoms with E-state index in [1.807, 2.05) is 6.92 Å². The average Bonchev–Trinajstić information content (AvgIpc) is 3.49. The van der Waals surface area contributed by atoms with Crippen LogP contribution in [0.4, 0.5) is 5.82 Å². The number of carbonyl (C=O) groups excluding carboxylic acids is 1. The minimum Gasteiger partial charge on any atom is -0.353 e. The maximum atomic E-state index is 12.7. The number of likely N-dealkylation sites (tertiary alicyclic amines) is 1. The van der Waals surface area contributed by atoms with Crippen LogP contribution in [0.2, 0.25) is 0 Å². The van der Waals surface area contributed by atoms with Crippen molar-refractivity contribution in [1.29, 1.82) is 0 Å². The van der Waals surface area contributed by atoms with E-state index >= 15 is 0 Å². The van der Waals surface area contributed by atoms with E-state index in [4.69, 9.17) is 4.98 Å². The highest BCUT2D eigenvalue weighted by molar-refractivity contribution is 5.76. The van der Waals surface area contributed by atoms with Crippen molar-refractivity contribution in [2.24, 2.45) is 5.92 Å². The maximum absolute atomic E-state index is 12.7. The van der Waals surface area contributed by atoms with Crippen LogP contribution in [-0.2, 0) is 4.79 Å². The van der Waals surface area contributed by atoms with Crippen molar-refractivity contribution >= 4 is 11.7 Å². The van der Waals surface area contributed by atoms with Gasteiger partial charge in [-0.25, -0.2) is 9.97 Å². The SMILES string of the molecule is Cc1nc(C(C)C)cc(N2CCN(C)C3(CCC(=O)N(CC4CC4)CC3)C2)n1. The second-order valence-electron chi connectivity index (χ2n) is 9.45. The van der Waals surface area contributed by atoms with Gasteiger partial charge in [0, 0.05) is 56.4 Å². The Labute approximate surface area is 169 Å². The van der Waals surface area contributed by atoms with Crippen LogP contribution in [0.1, 0.15) is 63.4 Å². The molecule has 1 aliphatic carbocycles. The number of likely N-dealkylation sites (N-methyl/N-ethyl adjacent to an activating group) is 1. The van der Waals surface area contributed by atoms with Gasteiger partial charge in [0.25, 0.3) is 0 Å². The summed E-state index contributed by atoms with van der Waals surface area (Å²) in [6.45, 7) is 11.2. The van der Waals surface area contributed by atoms with Gasteiger partial charge in [0.1, 0.15) is 11.6 Å². The third-order valence-corrected chi connectivity index (χ3v) is 6.94. The van der Waals surface area contributed by atoms with Crippen LogP contribution in [0.5, 0.6) is 0 Å². The molecule has 2 saturated heterocycles. The lowest BCUT2D eigenvalue weighted by Gasteiger charge is -2.49. The first-order chi connectivity index (χ1) is 13.4. The predicted molar refractivity (Wildman–Crippen MR) is 112 cm³/mol. The molecule has 2 aliphatic heterocycles. The van der Waals surface area contributed by atoms with Crippen molar-refractivity contribution in [2.45, 2.75) is 64.3 Å². The molecule has 3 aliphatic rings. The van der Waals surface area contributed by atoms with Crippen LogP contribution in [-0.4, -0.2) is 71.0 Å². The lowest BCUT2D eigenvalue weighted by atomic mass is 9.86. The molecule has 154 valence electrons. The fraction of sp³-hybridized carbons (Fsp3) is 0.773. The lowest BCUT2D eigenvalue weighted by Crippen LogP contribution is -2.61. The molecule has 0 aromatic carbocycles. The summed E-state index contributed by atoms with van der Waals surface area (Å²) in [5.41, 5.74) is 1.17. The van der Waals surface area contributed by atoms with Gasteiger partial charge < -0.3 is 9.80 Å².